The van der Waals surface area contributed by atoms with Crippen LogP contribution in [0.1, 0.15) is 19.3 Å². The van der Waals surface area contributed by atoms with Gasteiger partial charge in [-0.05, 0) is 12.0 Å². The summed E-state index contributed by atoms with van der Waals surface area (Å²) in [6, 6.07) is 0. The highest BCUT2D eigenvalue weighted by atomic mass is 16.2. The van der Waals surface area contributed by atoms with Gasteiger partial charge in [-0.3, -0.25) is 9.59 Å². The largest absolute Gasteiger partial charge is 0.294 e. The molecule has 0 spiro atoms. The fraction of sp³-hybridized carbons (Fsp3) is 0.273. The molecule has 0 amide bonds. The van der Waals surface area contributed by atoms with Crippen LogP contribution in [0.25, 0.3) is 0 Å². The molecule has 1 fully saturated rings. The molecule has 0 bridgehead atoms. The van der Waals surface area contributed by atoms with Crippen molar-refractivity contribution < 1.29 is 9.59 Å². The molecule has 0 unspecified atom stereocenters. The minimum absolute atomic E-state index is 0.00352. The van der Waals surface area contributed by atoms with Gasteiger partial charge in [-0.1, -0.05) is 24.3 Å². The predicted molar refractivity (Wildman–Crippen MR) is 49.2 cm³/mol. The molecule has 66 valence electrons. The first-order chi connectivity index (χ1) is 6.29. The number of carbonyl (C=O) groups excluding carboxylic acids is 2. The molecule has 13 heavy (non-hydrogen) atoms. The first-order valence-corrected chi connectivity index (χ1v) is 4.43. The van der Waals surface area contributed by atoms with Crippen LogP contribution >= 0.6 is 0 Å². The van der Waals surface area contributed by atoms with Crippen LogP contribution in [0.2, 0.25) is 0 Å². The second kappa shape index (κ2) is 3.13. The Labute approximate surface area is 76.6 Å². The molecule has 2 aliphatic carbocycles. The zero-order valence-corrected chi connectivity index (χ0v) is 7.25. The third-order valence-corrected chi connectivity index (χ3v) is 2.29. The fourth-order valence-corrected chi connectivity index (χ4v) is 1.65. The van der Waals surface area contributed by atoms with Gasteiger partial charge in [0.25, 0.3) is 0 Å². The van der Waals surface area contributed by atoms with Crippen LogP contribution in [0.15, 0.2) is 35.5 Å². The van der Waals surface area contributed by atoms with Crippen LogP contribution in [-0.2, 0) is 9.59 Å². The molecule has 0 aromatic rings. The Morgan fingerprint density at radius 1 is 0.923 bits per heavy atom. The summed E-state index contributed by atoms with van der Waals surface area (Å²) < 4.78 is 0. The van der Waals surface area contributed by atoms with Crippen molar-refractivity contribution >= 4 is 11.6 Å². The lowest BCUT2D eigenvalue weighted by atomic mass is 10.0. The first kappa shape index (κ1) is 8.17. The van der Waals surface area contributed by atoms with Crippen molar-refractivity contribution in [3.8, 4) is 0 Å². The number of hydrogen-bond acceptors (Lipinski definition) is 2. The van der Waals surface area contributed by atoms with Gasteiger partial charge in [0.1, 0.15) is 0 Å². The Balaban J connectivity index is 2.46. The van der Waals surface area contributed by atoms with E-state index in [2.05, 4.69) is 0 Å². The quantitative estimate of drug-likeness (QED) is 0.414. The number of rotatable bonds is 0. The van der Waals surface area contributed by atoms with E-state index < -0.39 is 0 Å². The molecule has 1 saturated carbocycles. The van der Waals surface area contributed by atoms with E-state index in [-0.39, 0.29) is 11.6 Å². The lowest BCUT2D eigenvalue weighted by Gasteiger charge is -2.02. The molecule has 2 heteroatoms. The second-order valence-electron chi connectivity index (χ2n) is 3.22. The molecule has 0 aliphatic heterocycles. The zero-order chi connectivity index (χ0) is 9.26. The van der Waals surface area contributed by atoms with Crippen molar-refractivity contribution in [2.75, 3.05) is 0 Å². The highest BCUT2D eigenvalue weighted by Crippen LogP contribution is 2.23. The maximum atomic E-state index is 11.3. The van der Waals surface area contributed by atoms with E-state index in [0.29, 0.717) is 18.4 Å². The third kappa shape index (κ3) is 1.39. The molecule has 2 nitrogen and oxygen atoms in total. The summed E-state index contributed by atoms with van der Waals surface area (Å²) in [6.07, 6.45) is 9.30. The van der Waals surface area contributed by atoms with Crippen LogP contribution < -0.4 is 0 Å². The monoisotopic (exact) mass is 174 g/mol. The van der Waals surface area contributed by atoms with Crippen LogP contribution in [0.4, 0.5) is 0 Å². The topological polar surface area (TPSA) is 34.1 Å². The smallest absolute Gasteiger partial charge is 0.167 e. The number of carbonyl (C=O) groups is 2. The van der Waals surface area contributed by atoms with E-state index in [4.69, 9.17) is 0 Å². The lowest BCUT2D eigenvalue weighted by Crippen LogP contribution is -2.03. The Kier molecular flexibility index (Phi) is 1.97. The maximum Gasteiger partial charge on any atom is 0.167 e. The van der Waals surface area contributed by atoms with Gasteiger partial charge in [-0.2, -0.15) is 0 Å². The zero-order valence-electron chi connectivity index (χ0n) is 7.25. The molecule has 0 atom stereocenters. The van der Waals surface area contributed by atoms with Crippen molar-refractivity contribution in [2.24, 2.45) is 0 Å². The van der Waals surface area contributed by atoms with Crippen molar-refractivity contribution in [3.05, 3.63) is 35.5 Å². The first-order valence-electron chi connectivity index (χ1n) is 4.43. The van der Waals surface area contributed by atoms with Crippen LogP contribution in [0.3, 0.4) is 0 Å². The summed E-state index contributed by atoms with van der Waals surface area (Å²) in [5, 5.41) is 0. The average molecular weight is 174 g/mol. The summed E-state index contributed by atoms with van der Waals surface area (Å²) in [5.41, 5.74) is 1.20. The molecule has 0 saturated heterocycles. The van der Waals surface area contributed by atoms with Gasteiger partial charge >= 0.3 is 0 Å². The molecule has 2 aliphatic rings. The summed E-state index contributed by atoms with van der Waals surface area (Å²) in [5.74, 6) is -0.00704. The maximum absolute atomic E-state index is 11.3. The minimum atomic E-state index is -0.00352. The lowest BCUT2D eigenvalue weighted by molar-refractivity contribution is -0.116. The van der Waals surface area contributed by atoms with E-state index >= 15 is 0 Å². The molecule has 0 heterocycles. The van der Waals surface area contributed by atoms with Gasteiger partial charge in [0.2, 0.25) is 0 Å². The van der Waals surface area contributed by atoms with Gasteiger partial charge < -0.3 is 0 Å². The van der Waals surface area contributed by atoms with E-state index in [9.17, 15) is 9.59 Å². The number of allylic oxidation sites excluding steroid dienone is 6. The summed E-state index contributed by atoms with van der Waals surface area (Å²) in [4.78, 5) is 22.7. The predicted octanol–water partition coefficient (Wildman–Crippen LogP) is 1.73. The second-order valence-corrected chi connectivity index (χ2v) is 3.22. The van der Waals surface area contributed by atoms with Crippen molar-refractivity contribution in [1.82, 2.24) is 0 Å². The standard InChI is InChI=1S/C11H10O2/c12-9-6-7-10(13)11(9)8-4-2-1-3-5-8/h2-5H,1,6-7H2. The van der Waals surface area contributed by atoms with Crippen LogP contribution in [0.5, 0.6) is 0 Å². The Morgan fingerprint density at radius 2 is 1.46 bits per heavy atom. The third-order valence-electron chi connectivity index (χ3n) is 2.29. The van der Waals surface area contributed by atoms with Crippen molar-refractivity contribution in [2.45, 2.75) is 19.3 Å². The number of hydrogen-bond donors (Lipinski definition) is 0. The Hall–Kier alpha value is -1.44. The molecular formula is C11H10O2. The molecule has 2 rings (SSSR count). The van der Waals surface area contributed by atoms with E-state index in [1.165, 1.54) is 0 Å². The van der Waals surface area contributed by atoms with Crippen LogP contribution in [0, 0.1) is 0 Å². The van der Waals surface area contributed by atoms with E-state index in [1.807, 2.05) is 24.3 Å². The normalized spacial score (nSPS) is 21.8. The number of ketones is 2. The molecule has 0 N–H and O–H groups in total. The van der Waals surface area contributed by atoms with Crippen LogP contribution in [-0.4, -0.2) is 11.6 Å². The van der Waals surface area contributed by atoms with Crippen molar-refractivity contribution in [1.29, 1.82) is 0 Å². The summed E-state index contributed by atoms with van der Waals surface area (Å²) in [6.45, 7) is 0. The molecule has 0 aromatic heterocycles. The summed E-state index contributed by atoms with van der Waals surface area (Å²) >= 11 is 0. The van der Waals surface area contributed by atoms with E-state index in [1.54, 1.807) is 0 Å². The SMILES string of the molecule is O=C1CCC(=O)C1=C1C=CCC=C1. The van der Waals surface area contributed by atoms with Gasteiger partial charge in [-0.25, -0.2) is 0 Å². The summed E-state index contributed by atoms with van der Waals surface area (Å²) in [7, 11) is 0. The molecule has 0 aromatic carbocycles. The molecule has 0 radical (unpaired) electrons. The Bertz CT molecular complexity index is 324. The highest BCUT2D eigenvalue weighted by molar-refractivity contribution is 6.26. The average Bonchev–Trinajstić information content (AvgIpc) is 2.48. The van der Waals surface area contributed by atoms with Gasteiger partial charge in [0.15, 0.2) is 11.6 Å². The Morgan fingerprint density at radius 3 is 2.00 bits per heavy atom. The number of Topliss-reactive ketones (excluding diaryl/α,β-unsaturated/α-hetero) is 2. The van der Waals surface area contributed by atoms with Gasteiger partial charge in [-0.15, -0.1) is 0 Å². The molecular weight excluding hydrogens is 164 g/mol. The highest BCUT2D eigenvalue weighted by Gasteiger charge is 2.27. The van der Waals surface area contributed by atoms with Gasteiger partial charge in [0.05, 0.1) is 5.57 Å². The fourth-order valence-electron chi connectivity index (χ4n) is 1.65. The van der Waals surface area contributed by atoms with Crippen molar-refractivity contribution in [3.63, 3.8) is 0 Å². The minimum Gasteiger partial charge on any atom is -0.294 e. The van der Waals surface area contributed by atoms with E-state index in [0.717, 1.165) is 12.0 Å². The van der Waals surface area contributed by atoms with Gasteiger partial charge in [0, 0.05) is 12.8 Å².